The molecule has 4 rings (SSSR count). The number of piperazine rings is 1. The number of methoxy groups -OCH3 is 2. The van der Waals surface area contributed by atoms with E-state index in [-0.39, 0.29) is 4.90 Å². The molecule has 0 N–H and O–H groups in total. The normalized spacial score (nSPS) is 15.2. The molecule has 1 fully saturated rings. The second kappa shape index (κ2) is 8.63. The van der Waals surface area contributed by atoms with Crippen LogP contribution in [-0.4, -0.2) is 58.1 Å². The van der Waals surface area contributed by atoms with E-state index in [1.54, 1.807) is 49.8 Å². The van der Waals surface area contributed by atoms with Crippen molar-refractivity contribution in [3.63, 3.8) is 0 Å². The molecule has 158 valence electrons. The molecule has 7 nitrogen and oxygen atoms in total. The van der Waals surface area contributed by atoms with Crippen LogP contribution >= 0.6 is 11.3 Å². The van der Waals surface area contributed by atoms with E-state index in [4.69, 9.17) is 14.5 Å². The lowest BCUT2D eigenvalue weighted by molar-refractivity contribution is 0.384. The SMILES string of the molecule is COc1ccc(S(=O)(=O)N2CCN(c3nc(-c4cccc(OC)c4)cs3)CC2)cc1. The van der Waals surface area contributed by atoms with Crippen LogP contribution in [0.25, 0.3) is 11.3 Å². The number of rotatable bonds is 6. The van der Waals surface area contributed by atoms with E-state index in [2.05, 4.69) is 4.90 Å². The molecule has 2 heterocycles. The van der Waals surface area contributed by atoms with Gasteiger partial charge in [-0.05, 0) is 36.4 Å². The number of sulfonamides is 1. The Kier molecular flexibility index (Phi) is 5.94. The van der Waals surface area contributed by atoms with E-state index in [0.717, 1.165) is 22.1 Å². The minimum absolute atomic E-state index is 0.284. The van der Waals surface area contributed by atoms with Gasteiger partial charge >= 0.3 is 0 Å². The number of hydrogen-bond donors (Lipinski definition) is 0. The summed E-state index contributed by atoms with van der Waals surface area (Å²) in [6.07, 6.45) is 0. The second-order valence-electron chi connectivity index (χ2n) is 6.81. The molecule has 0 spiro atoms. The third-order valence-corrected chi connectivity index (χ3v) is 7.88. The number of aromatic nitrogens is 1. The zero-order chi connectivity index (χ0) is 21.1. The molecule has 1 aromatic heterocycles. The summed E-state index contributed by atoms with van der Waals surface area (Å²) in [5, 5.41) is 2.92. The Morgan fingerprint density at radius 3 is 2.30 bits per heavy atom. The number of thiazole rings is 1. The Labute approximate surface area is 180 Å². The van der Waals surface area contributed by atoms with Gasteiger partial charge in [0.25, 0.3) is 0 Å². The van der Waals surface area contributed by atoms with Crippen LogP contribution in [0.15, 0.2) is 58.8 Å². The van der Waals surface area contributed by atoms with Gasteiger partial charge in [0, 0.05) is 37.1 Å². The van der Waals surface area contributed by atoms with Gasteiger partial charge in [0.1, 0.15) is 11.5 Å². The van der Waals surface area contributed by atoms with E-state index in [0.29, 0.717) is 31.9 Å². The van der Waals surface area contributed by atoms with Crippen molar-refractivity contribution in [2.24, 2.45) is 0 Å². The molecule has 1 aliphatic rings. The van der Waals surface area contributed by atoms with E-state index in [1.165, 1.54) is 4.31 Å². The maximum atomic E-state index is 12.9. The van der Waals surface area contributed by atoms with Gasteiger partial charge in [-0.1, -0.05) is 12.1 Å². The van der Waals surface area contributed by atoms with Gasteiger partial charge < -0.3 is 14.4 Å². The number of hydrogen-bond acceptors (Lipinski definition) is 7. The first-order valence-electron chi connectivity index (χ1n) is 9.50. The number of ether oxygens (including phenoxy) is 2. The van der Waals surface area contributed by atoms with Crippen LogP contribution in [0.5, 0.6) is 11.5 Å². The summed E-state index contributed by atoms with van der Waals surface area (Å²) >= 11 is 1.57. The van der Waals surface area contributed by atoms with Gasteiger partial charge in [0.15, 0.2) is 5.13 Å². The minimum Gasteiger partial charge on any atom is -0.497 e. The van der Waals surface area contributed by atoms with E-state index < -0.39 is 10.0 Å². The lowest BCUT2D eigenvalue weighted by Crippen LogP contribution is -2.48. The van der Waals surface area contributed by atoms with Crippen molar-refractivity contribution in [1.29, 1.82) is 0 Å². The Morgan fingerprint density at radius 1 is 0.933 bits per heavy atom. The molecule has 1 saturated heterocycles. The van der Waals surface area contributed by atoms with E-state index >= 15 is 0 Å². The summed E-state index contributed by atoms with van der Waals surface area (Å²) in [5.74, 6) is 1.42. The summed E-state index contributed by atoms with van der Waals surface area (Å²) < 4.78 is 37.8. The standard InChI is InChI=1S/C21H23N3O4S2/c1-27-17-6-8-19(9-7-17)30(25,26)24-12-10-23(11-13-24)21-22-20(15-29-21)16-4-3-5-18(14-16)28-2/h3-9,14-15H,10-13H2,1-2H3. The number of benzene rings is 2. The van der Waals surface area contributed by atoms with Crippen molar-refractivity contribution in [2.75, 3.05) is 45.3 Å². The lowest BCUT2D eigenvalue weighted by Gasteiger charge is -2.33. The zero-order valence-electron chi connectivity index (χ0n) is 16.8. The molecule has 2 aromatic carbocycles. The highest BCUT2D eigenvalue weighted by atomic mass is 32.2. The van der Waals surface area contributed by atoms with Crippen LogP contribution in [0.1, 0.15) is 0 Å². The maximum Gasteiger partial charge on any atom is 0.243 e. The smallest absolute Gasteiger partial charge is 0.243 e. The number of anilines is 1. The topological polar surface area (TPSA) is 72.0 Å². The minimum atomic E-state index is -3.52. The molecule has 0 atom stereocenters. The maximum absolute atomic E-state index is 12.9. The summed E-state index contributed by atoms with van der Waals surface area (Å²) in [6.45, 7) is 2.03. The van der Waals surface area contributed by atoms with Gasteiger partial charge in [0.05, 0.1) is 24.8 Å². The molecule has 0 radical (unpaired) electrons. The van der Waals surface area contributed by atoms with Gasteiger partial charge in [-0.2, -0.15) is 4.31 Å². The monoisotopic (exact) mass is 445 g/mol. The lowest BCUT2D eigenvalue weighted by atomic mass is 10.2. The molecular formula is C21H23N3O4S2. The van der Waals surface area contributed by atoms with Gasteiger partial charge in [-0.15, -0.1) is 11.3 Å². The largest absolute Gasteiger partial charge is 0.497 e. The molecule has 30 heavy (non-hydrogen) atoms. The second-order valence-corrected chi connectivity index (χ2v) is 9.59. The molecular weight excluding hydrogens is 422 g/mol. The van der Waals surface area contributed by atoms with Gasteiger partial charge in [0.2, 0.25) is 10.0 Å². The quantitative estimate of drug-likeness (QED) is 0.580. The average Bonchev–Trinajstić information content (AvgIpc) is 3.29. The summed E-state index contributed by atoms with van der Waals surface area (Å²) in [5.41, 5.74) is 1.89. The third kappa shape index (κ3) is 4.14. The van der Waals surface area contributed by atoms with Crippen LogP contribution in [0.3, 0.4) is 0 Å². The highest BCUT2D eigenvalue weighted by Crippen LogP contribution is 2.30. The Bertz CT molecular complexity index is 1110. The van der Waals surface area contributed by atoms with Crippen molar-refractivity contribution >= 4 is 26.5 Å². The average molecular weight is 446 g/mol. The fourth-order valence-corrected chi connectivity index (χ4v) is 5.65. The highest BCUT2D eigenvalue weighted by Gasteiger charge is 2.29. The van der Waals surface area contributed by atoms with Crippen molar-refractivity contribution < 1.29 is 17.9 Å². The Hall–Kier alpha value is -2.62. The molecule has 9 heteroatoms. The van der Waals surface area contributed by atoms with Crippen LogP contribution in [0.4, 0.5) is 5.13 Å². The van der Waals surface area contributed by atoms with Gasteiger partial charge in [-0.3, -0.25) is 0 Å². The summed E-state index contributed by atoms with van der Waals surface area (Å²) in [4.78, 5) is 7.17. The molecule has 1 aliphatic heterocycles. The van der Waals surface area contributed by atoms with Crippen LogP contribution in [0.2, 0.25) is 0 Å². The molecule has 0 unspecified atom stereocenters. The fourth-order valence-electron chi connectivity index (χ4n) is 3.34. The third-order valence-electron chi connectivity index (χ3n) is 5.06. The predicted molar refractivity (Wildman–Crippen MR) is 118 cm³/mol. The van der Waals surface area contributed by atoms with Crippen LogP contribution in [0, 0.1) is 0 Å². The van der Waals surface area contributed by atoms with Crippen molar-refractivity contribution in [2.45, 2.75) is 4.90 Å². The first-order valence-corrected chi connectivity index (χ1v) is 11.8. The predicted octanol–water partition coefficient (Wildman–Crippen LogP) is 3.34. The Morgan fingerprint density at radius 2 is 1.63 bits per heavy atom. The van der Waals surface area contributed by atoms with Crippen molar-refractivity contribution in [1.82, 2.24) is 9.29 Å². The molecule has 3 aromatic rings. The van der Waals surface area contributed by atoms with Crippen molar-refractivity contribution in [3.05, 3.63) is 53.9 Å². The molecule has 0 aliphatic carbocycles. The molecule has 0 bridgehead atoms. The first-order chi connectivity index (χ1) is 14.5. The molecule has 0 saturated carbocycles. The van der Waals surface area contributed by atoms with E-state index in [1.807, 2.05) is 29.6 Å². The first kappa shape index (κ1) is 20.6. The number of nitrogens with zero attached hydrogens (tertiary/aromatic N) is 3. The summed E-state index contributed by atoms with van der Waals surface area (Å²) in [7, 11) is -0.317. The van der Waals surface area contributed by atoms with Crippen molar-refractivity contribution in [3.8, 4) is 22.8 Å². The highest BCUT2D eigenvalue weighted by molar-refractivity contribution is 7.89. The van der Waals surface area contributed by atoms with Gasteiger partial charge in [-0.25, -0.2) is 13.4 Å². The Balaban J connectivity index is 1.44. The zero-order valence-corrected chi connectivity index (χ0v) is 18.4. The fraction of sp³-hybridized carbons (Fsp3) is 0.286. The summed E-state index contributed by atoms with van der Waals surface area (Å²) in [6, 6.07) is 14.3. The van der Waals surface area contributed by atoms with Crippen LogP contribution in [-0.2, 0) is 10.0 Å². The van der Waals surface area contributed by atoms with Crippen LogP contribution < -0.4 is 14.4 Å². The van der Waals surface area contributed by atoms with E-state index in [9.17, 15) is 8.42 Å². The molecule has 0 amide bonds.